The molecule has 0 bridgehead atoms. The molecule has 0 unspecified atom stereocenters. The summed E-state index contributed by atoms with van der Waals surface area (Å²) >= 11 is 0. The van der Waals surface area contributed by atoms with E-state index >= 15 is 0 Å². The maximum absolute atomic E-state index is 10.6. The van der Waals surface area contributed by atoms with E-state index in [0.29, 0.717) is 12.3 Å². The van der Waals surface area contributed by atoms with Gasteiger partial charge >= 0.3 is 5.97 Å². The minimum absolute atomic E-state index is 0.311. The Morgan fingerprint density at radius 1 is 1.35 bits per heavy atom. The Kier molecular flexibility index (Phi) is 4.81. The van der Waals surface area contributed by atoms with Gasteiger partial charge in [0.2, 0.25) is 0 Å². The second-order valence-electron chi connectivity index (χ2n) is 5.92. The normalized spacial score (nSPS) is 17.6. The molecule has 0 aromatic carbocycles. The first-order valence-corrected chi connectivity index (χ1v) is 7.40. The van der Waals surface area contributed by atoms with E-state index in [0.717, 1.165) is 44.6 Å². The van der Waals surface area contributed by atoms with Crippen molar-refractivity contribution in [2.75, 3.05) is 13.1 Å². The first-order chi connectivity index (χ1) is 9.47. The molecule has 0 atom stereocenters. The molecule has 2 heterocycles. The van der Waals surface area contributed by atoms with Crippen LogP contribution >= 0.6 is 0 Å². The summed E-state index contributed by atoms with van der Waals surface area (Å²) in [4.78, 5) is 13.1. The number of aliphatic carboxylic acids is 1. The maximum Gasteiger partial charge on any atom is 0.303 e. The van der Waals surface area contributed by atoms with E-state index in [4.69, 9.17) is 5.11 Å². The number of aryl methyl sites for hydroxylation is 2. The molecule has 1 aliphatic rings. The number of carbonyl (C=O) groups is 1. The fraction of sp³-hybridized carbons (Fsp3) is 0.733. The van der Waals surface area contributed by atoms with Crippen LogP contribution in [0.15, 0.2) is 0 Å². The van der Waals surface area contributed by atoms with Crippen molar-refractivity contribution in [2.24, 2.45) is 13.0 Å². The quantitative estimate of drug-likeness (QED) is 0.897. The van der Waals surface area contributed by atoms with E-state index in [1.165, 1.54) is 11.3 Å². The topological polar surface area (TPSA) is 58.4 Å². The third-order valence-corrected chi connectivity index (χ3v) is 4.51. The van der Waals surface area contributed by atoms with E-state index in [9.17, 15) is 4.79 Å². The molecule has 1 aliphatic heterocycles. The SMILES string of the molecule is Cc1nn(C)c(C)c1CN1CCC(CCC(=O)O)CC1. The zero-order chi connectivity index (χ0) is 14.7. The van der Waals surface area contributed by atoms with E-state index in [1.807, 2.05) is 11.7 Å². The summed E-state index contributed by atoms with van der Waals surface area (Å²) in [5.41, 5.74) is 3.71. The van der Waals surface area contributed by atoms with Gasteiger partial charge in [-0.1, -0.05) is 0 Å². The highest BCUT2D eigenvalue weighted by Crippen LogP contribution is 2.24. The average molecular weight is 279 g/mol. The van der Waals surface area contributed by atoms with E-state index in [-0.39, 0.29) is 0 Å². The Hall–Kier alpha value is -1.36. The summed E-state index contributed by atoms with van der Waals surface area (Å²) in [7, 11) is 1.99. The van der Waals surface area contributed by atoms with Gasteiger partial charge in [-0.2, -0.15) is 5.10 Å². The Morgan fingerprint density at radius 2 is 2.00 bits per heavy atom. The molecule has 0 saturated carbocycles. The summed E-state index contributed by atoms with van der Waals surface area (Å²) in [5.74, 6) is -0.0903. The smallest absolute Gasteiger partial charge is 0.303 e. The van der Waals surface area contributed by atoms with E-state index in [2.05, 4.69) is 23.8 Å². The molecule has 1 N–H and O–H groups in total. The van der Waals surface area contributed by atoms with Crippen LogP contribution in [0.5, 0.6) is 0 Å². The van der Waals surface area contributed by atoms with E-state index < -0.39 is 5.97 Å². The molecule has 1 fully saturated rings. The van der Waals surface area contributed by atoms with Crippen LogP contribution in [0.4, 0.5) is 0 Å². The number of hydrogen-bond donors (Lipinski definition) is 1. The van der Waals surface area contributed by atoms with Crippen LogP contribution in [0.25, 0.3) is 0 Å². The summed E-state index contributed by atoms with van der Waals surface area (Å²) in [6, 6.07) is 0. The third kappa shape index (κ3) is 3.60. The number of likely N-dealkylation sites (tertiary alicyclic amines) is 1. The number of carboxylic acid groups (broad SMARTS) is 1. The van der Waals surface area contributed by atoms with Crippen molar-refractivity contribution in [3.05, 3.63) is 17.0 Å². The van der Waals surface area contributed by atoms with Crippen LogP contribution in [-0.2, 0) is 18.4 Å². The summed E-state index contributed by atoms with van der Waals surface area (Å²) < 4.78 is 1.95. The Morgan fingerprint density at radius 3 is 2.50 bits per heavy atom. The Bertz CT molecular complexity index is 474. The van der Waals surface area contributed by atoms with Crippen molar-refractivity contribution in [1.82, 2.24) is 14.7 Å². The van der Waals surface area contributed by atoms with Crippen molar-refractivity contribution >= 4 is 5.97 Å². The van der Waals surface area contributed by atoms with E-state index in [1.54, 1.807) is 0 Å². The van der Waals surface area contributed by atoms with Crippen LogP contribution in [0.2, 0.25) is 0 Å². The number of rotatable bonds is 5. The second kappa shape index (κ2) is 6.39. The summed E-state index contributed by atoms with van der Waals surface area (Å²) in [5, 5.41) is 13.2. The minimum atomic E-state index is -0.672. The van der Waals surface area contributed by atoms with Crippen LogP contribution in [0.3, 0.4) is 0 Å². The standard InChI is InChI=1S/C15H25N3O2/c1-11-14(12(2)17(3)16-11)10-18-8-6-13(7-9-18)4-5-15(19)20/h13H,4-10H2,1-3H3,(H,19,20). The molecule has 112 valence electrons. The van der Waals surface area contributed by atoms with Gasteiger partial charge in [0.1, 0.15) is 0 Å². The Balaban J connectivity index is 1.84. The first kappa shape index (κ1) is 15.0. The van der Waals surface area contributed by atoms with Gasteiger partial charge in [0.05, 0.1) is 5.69 Å². The highest BCUT2D eigenvalue weighted by atomic mass is 16.4. The molecule has 1 aromatic heterocycles. The van der Waals surface area contributed by atoms with Crippen LogP contribution < -0.4 is 0 Å². The van der Waals surface area contributed by atoms with Gasteiger partial charge < -0.3 is 5.11 Å². The third-order valence-electron chi connectivity index (χ3n) is 4.51. The maximum atomic E-state index is 10.6. The van der Waals surface area contributed by atoms with Gasteiger partial charge in [-0.25, -0.2) is 0 Å². The lowest BCUT2D eigenvalue weighted by Crippen LogP contribution is -2.33. The van der Waals surface area contributed by atoms with Crippen molar-refractivity contribution in [2.45, 2.75) is 46.1 Å². The summed E-state index contributed by atoms with van der Waals surface area (Å²) in [6.07, 6.45) is 3.37. The molecule has 0 aliphatic carbocycles. The highest BCUT2D eigenvalue weighted by Gasteiger charge is 2.21. The first-order valence-electron chi connectivity index (χ1n) is 7.40. The lowest BCUT2D eigenvalue weighted by atomic mass is 9.92. The van der Waals surface area contributed by atoms with Gasteiger partial charge in [0.15, 0.2) is 0 Å². The van der Waals surface area contributed by atoms with Crippen LogP contribution in [0, 0.1) is 19.8 Å². The van der Waals surface area contributed by atoms with Crippen molar-refractivity contribution < 1.29 is 9.90 Å². The molecule has 5 heteroatoms. The predicted molar refractivity (Wildman–Crippen MR) is 77.6 cm³/mol. The molecule has 20 heavy (non-hydrogen) atoms. The van der Waals surface area contributed by atoms with Gasteiger partial charge in [-0.05, 0) is 52.1 Å². The number of nitrogens with zero attached hydrogens (tertiary/aromatic N) is 3. The highest BCUT2D eigenvalue weighted by molar-refractivity contribution is 5.66. The lowest BCUT2D eigenvalue weighted by Gasteiger charge is -2.31. The molecular formula is C15H25N3O2. The van der Waals surface area contributed by atoms with Crippen molar-refractivity contribution in [3.8, 4) is 0 Å². The summed E-state index contributed by atoms with van der Waals surface area (Å²) in [6.45, 7) is 7.30. The monoisotopic (exact) mass is 279 g/mol. The molecule has 5 nitrogen and oxygen atoms in total. The Labute approximate surface area is 120 Å². The number of piperidine rings is 1. The fourth-order valence-electron chi connectivity index (χ4n) is 3.03. The largest absolute Gasteiger partial charge is 0.481 e. The molecule has 2 rings (SSSR count). The van der Waals surface area contributed by atoms with Gasteiger partial charge in [-0.3, -0.25) is 14.4 Å². The number of hydrogen-bond acceptors (Lipinski definition) is 3. The zero-order valence-electron chi connectivity index (χ0n) is 12.7. The zero-order valence-corrected chi connectivity index (χ0v) is 12.7. The lowest BCUT2D eigenvalue weighted by molar-refractivity contribution is -0.137. The van der Waals surface area contributed by atoms with Gasteiger partial charge in [0, 0.05) is 31.3 Å². The van der Waals surface area contributed by atoms with Gasteiger partial charge in [0.25, 0.3) is 0 Å². The minimum Gasteiger partial charge on any atom is -0.481 e. The molecule has 1 aromatic rings. The molecule has 0 amide bonds. The molecule has 0 spiro atoms. The average Bonchev–Trinajstić information content (AvgIpc) is 2.64. The molecule has 1 saturated heterocycles. The van der Waals surface area contributed by atoms with Gasteiger partial charge in [-0.15, -0.1) is 0 Å². The van der Waals surface area contributed by atoms with Crippen molar-refractivity contribution in [3.63, 3.8) is 0 Å². The second-order valence-corrected chi connectivity index (χ2v) is 5.92. The predicted octanol–water partition coefficient (Wildman–Crippen LogP) is 2.11. The molecular weight excluding hydrogens is 254 g/mol. The number of aromatic nitrogens is 2. The fourth-order valence-corrected chi connectivity index (χ4v) is 3.03. The van der Waals surface area contributed by atoms with Crippen molar-refractivity contribution in [1.29, 1.82) is 0 Å². The van der Waals surface area contributed by atoms with Crippen LogP contribution in [0.1, 0.15) is 42.6 Å². The number of carboxylic acids is 1. The van der Waals surface area contributed by atoms with Crippen LogP contribution in [-0.4, -0.2) is 38.8 Å². The molecule has 0 radical (unpaired) electrons.